The van der Waals surface area contributed by atoms with Crippen LogP contribution in [0.3, 0.4) is 0 Å². The van der Waals surface area contributed by atoms with E-state index >= 15 is 0 Å². The van der Waals surface area contributed by atoms with Crippen molar-refractivity contribution in [2.24, 2.45) is 0 Å². The molecular weight excluding hydrogens is 240 g/mol. The zero-order chi connectivity index (χ0) is 13.1. The van der Waals surface area contributed by atoms with Gasteiger partial charge in [0.2, 0.25) is 5.88 Å². The fourth-order valence-corrected chi connectivity index (χ4v) is 1.42. The van der Waals surface area contributed by atoms with Gasteiger partial charge in [-0.15, -0.1) is 0 Å². The predicted octanol–water partition coefficient (Wildman–Crippen LogP) is 2.95. The van der Waals surface area contributed by atoms with Gasteiger partial charge >= 0.3 is 0 Å². The second-order valence-electron chi connectivity index (χ2n) is 3.79. The van der Waals surface area contributed by atoms with Gasteiger partial charge in [0.15, 0.2) is 0 Å². The molecule has 1 N–H and O–H groups in total. The molecule has 0 unspecified atom stereocenters. The first-order valence-electron chi connectivity index (χ1n) is 5.29. The maximum Gasteiger partial charge on any atom is 0.224 e. The van der Waals surface area contributed by atoms with Gasteiger partial charge in [-0.2, -0.15) is 0 Å². The van der Waals surface area contributed by atoms with Crippen LogP contribution in [0.5, 0.6) is 11.6 Å². The molecule has 0 saturated heterocycles. The number of halogens is 2. The van der Waals surface area contributed by atoms with Crippen LogP contribution >= 0.6 is 0 Å². The number of pyridine rings is 1. The number of benzene rings is 1. The van der Waals surface area contributed by atoms with Crippen LogP contribution in [0.25, 0.3) is 0 Å². The molecule has 0 atom stereocenters. The third-order valence-corrected chi connectivity index (χ3v) is 2.42. The summed E-state index contributed by atoms with van der Waals surface area (Å²) in [6, 6.07) is 5.46. The highest BCUT2D eigenvalue weighted by Crippen LogP contribution is 2.25. The Morgan fingerprint density at radius 3 is 2.72 bits per heavy atom. The van der Waals surface area contributed by atoms with E-state index in [1.807, 2.05) is 0 Å². The molecule has 0 aliphatic carbocycles. The molecule has 0 spiro atoms. The number of rotatable bonds is 3. The molecule has 0 amide bonds. The molecule has 0 bridgehead atoms. The molecule has 0 aliphatic rings. The summed E-state index contributed by atoms with van der Waals surface area (Å²) in [6.45, 7) is 1.23. The minimum atomic E-state index is -0.568. The van der Waals surface area contributed by atoms with E-state index in [2.05, 4.69) is 4.98 Å². The Morgan fingerprint density at radius 2 is 2.06 bits per heavy atom. The van der Waals surface area contributed by atoms with Gasteiger partial charge in [-0.1, -0.05) is 6.07 Å². The Kier molecular flexibility index (Phi) is 3.53. The van der Waals surface area contributed by atoms with E-state index in [0.29, 0.717) is 5.56 Å². The van der Waals surface area contributed by atoms with Crippen LogP contribution in [0, 0.1) is 18.6 Å². The smallest absolute Gasteiger partial charge is 0.224 e. The number of hydrogen-bond acceptors (Lipinski definition) is 3. The predicted molar refractivity (Wildman–Crippen MR) is 61.3 cm³/mol. The van der Waals surface area contributed by atoms with Crippen LogP contribution in [-0.4, -0.2) is 10.1 Å². The third kappa shape index (κ3) is 2.62. The van der Waals surface area contributed by atoms with Crippen molar-refractivity contribution in [2.45, 2.75) is 13.5 Å². The minimum absolute atomic E-state index is 0.0575. The van der Waals surface area contributed by atoms with Gasteiger partial charge in [-0.05, 0) is 24.6 Å². The summed E-state index contributed by atoms with van der Waals surface area (Å²) in [6.07, 6.45) is 0.971. The molecule has 0 aliphatic heterocycles. The normalized spacial score (nSPS) is 10.4. The van der Waals surface area contributed by atoms with Crippen LogP contribution in [-0.2, 0) is 6.61 Å². The molecule has 18 heavy (non-hydrogen) atoms. The molecule has 1 aromatic heterocycles. The van der Waals surface area contributed by atoms with E-state index < -0.39 is 18.2 Å². The van der Waals surface area contributed by atoms with Gasteiger partial charge in [0.1, 0.15) is 17.4 Å². The highest BCUT2D eigenvalue weighted by molar-refractivity contribution is 5.34. The minimum Gasteiger partial charge on any atom is -0.439 e. The summed E-state index contributed by atoms with van der Waals surface area (Å²) in [4.78, 5) is 3.72. The fraction of sp³-hybridized carbons (Fsp3) is 0.154. The van der Waals surface area contributed by atoms with Gasteiger partial charge in [-0.25, -0.2) is 13.8 Å². The number of aromatic nitrogens is 1. The van der Waals surface area contributed by atoms with Crippen LogP contribution in [0.1, 0.15) is 11.1 Å². The topological polar surface area (TPSA) is 42.4 Å². The molecule has 2 aromatic rings. The van der Waals surface area contributed by atoms with Crippen LogP contribution < -0.4 is 4.74 Å². The molecular formula is C13H11F2NO2. The summed E-state index contributed by atoms with van der Waals surface area (Å²) >= 11 is 0. The van der Waals surface area contributed by atoms with Crippen molar-refractivity contribution < 1.29 is 18.6 Å². The molecule has 0 radical (unpaired) electrons. The lowest BCUT2D eigenvalue weighted by atomic mass is 10.2. The first-order valence-corrected chi connectivity index (χ1v) is 5.29. The zero-order valence-electron chi connectivity index (χ0n) is 9.65. The SMILES string of the molecule is Cc1ccc(Oc2ncc(F)cc2CO)cc1F. The summed E-state index contributed by atoms with van der Waals surface area (Å²) in [5.74, 6) is -0.671. The van der Waals surface area contributed by atoms with Gasteiger partial charge in [0, 0.05) is 11.6 Å². The second-order valence-corrected chi connectivity index (χ2v) is 3.79. The maximum absolute atomic E-state index is 13.3. The van der Waals surface area contributed by atoms with Crippen molar-refractivity contribution in [1.29, 1.82) is 0 Å². The highest BCUT2D eigenvalue weighted by atomic mass is 19.1. The quantitative estimate of drug-likeness (QED) is 0.911. The summed E-state index contributed by atoms with van der Waals surface area (Å²) in [7, 11) is 0. The Morgan fingerprint density at radius 1 is 1.28 bits per heavy atom. The van der Waals surface area contributed by atoms with Crippen LogP contribution in [0.15, 0.2) is 30.5 Å². The van der Waals surface area contributed by atoms with Crippen molar-refractivity contribution in [3.8, 4) is 11.6 Å². The third-order valence-electron chi connectivity index (χ3n) is 2.42. The van der Waals surface area contributed by atoms with E-state index in [-0.39, 0.29) is 17.2 Å². The molecule has 2 rings (SSSR count). The summed E-state index contributed by atoms with van der Waals surface area (Å²) < 4.78 is 31.5. The van der Waals surface area contributed by atoms with Gasteiger partial charge in [0.05, 0.1) is 12.8 Å². The lowest BCUT2D eigenvalue weighted by molar-refractivity contribution is 0.274. The van der Waals surface area contributed by atoms with Gasteiger partial charge in [0.25, 0.3) is 0 Å². The number of hydrogen-bond donors (Lipinski definition) is 1. The molecule has 0 saturated carbocycles. The second kappa shape index (κ2) is 5.10. The Hall–Kier alpha value is -2.01. The molecule has 94 valence electrons. The van der Waals surface area contributed by atoms with Crippen LogP contribution in [0.4, 0.5) is 8.78 Å². The lowest BCUT2D eigenvalue weighted by Crippen LogP contribution is -1.96. The molecule has 0 fully saturated rings. The highest BCUT2D eigenvalue weighted by Gasteiger charge is 2.08. The van der Waals surface area contributed by atoms with Gasteiger partial charge in [-0.3, -0.25) is 0 Å². The largest absolute Gasteiger partial charge is 0.439 e. The number of ether oxygens (including phenoxy) is 1. The van der Waals surface area contributed by atoms with Gasteiger partial charge < -0.3 is 9.84 Å². The lowest BCUT2D eigenvalue weighted by Gasteiger charge is -2.09. The van der Waals surface area contributed by atoms with E-state index in [0.717, 1.165) is 12.3 Å². The first-order chi connectivity index (χ1) is 8.60. The number of aryl methyl sites for hydroxylation is 1. The van der Waals surface area contributed by atoms with Crippen LogP contribution in [0.2, 0.25) is 0 Å². The Labute approximate surface area is 103 Å². The van der Waals surface area contributed by atoms with Crippen molar-refractivity contribution in [3.63, 3.8) is 0 Å². The standard InChI is InChI=1S/C13H11F2NO2/c1-8-2-3-11(5-12(8)15)18-13-9(7-17)4-10(14)6-16-13/h2-6,17H,7H2,1H3. The number of aliphatic hydroxyl groups is 1. The molecule has 1 heterocycles. The van der Waals surface area contributed by atoms with Crippen molar-refractivity contribution in [2.75, 3.05) is 0 Å². The first kappa shape index (κ1) is 12.4. The molecule has 1 aromatic carbocycles. The van der Waals surface area contributed by atoms with Crippen molar-refractivity contribution >= 4 is 0 Å². The number of aliphatic hydroxyl groups excluding tert-OH is 1. The van der Waals surface area contributed by atoms with Crippen molar-refractivity contribution in [3.05, 3.63) is 53.2 Å². The maximum atomic E-state index is 13.3. The summed E-state index contributed by atoms with van der Waals surface area (Å²) in [5, 5.41) is 9.06. The average molecular weight is 251 g/mol. The average Bonchev–Trinajstić information content (AvgIpc) is 2.36. The Bertz CT molecular complexity index is 573. The fourth-order valence-electron chi connectivity index (χ4n) is 1.42. The van der Waals surface area contributed by atoms with E-state index in [9.17, 15) is 8.78 Å². The Balaban J connectivity index is 2.30. The number of nitrogens with zero attached hydrogens (tertiary/aromatic N) is 1. The molecule has 3 nitrogen and oxygen atoms in total. The van der Waals surface area contributed by atoms with Crippen molar-refractivity contribution in [1.82, 2.24) is 4.98 Å². The van der Waals surface area contributed by atoms with E-state index in [1.54, 1.807) is 19.1 Å². The van der Waals surface area contributed by atoms with E-state index in [4.69, 9.17) is 9.84 Å². The monoisotopic (exact) mass is 251 g/mol. The van der Waals surface area contributed by atoms with E-state index in [1.165, 1.54) is 6.07 Å². The molecule has 5 heteroatoms. The summed E-state index contributed by atoms with van der Waals surface area (Å²) in [5.41, 5.74) is 0.702. The zero-order valence-corrected chi connectivity index (χ0v) is 9.65.